The maximum atomic E-state index is 13.7. The van der Waals surface area contributed by atoms with Crippen LogP contribution in [0.2, 0.25) is 0 Å². The zero-order valence-corrected chi connectivity index (χ0v) is 26.7. The van der Waals surface area contributed by atoms with Crippen molar-refractivity contribution in [3.8, 4) is 0 Å². The molecular weight excluding hydrogens is 604 g/mol. The quantitative estimate of drug-likeness (QED) is 0.168. The van der Waals surface area contributed by atoms with Crippen molar-refractivity contribution in [2.24, 2.45) is 9.98 Å². The van der Waals surface area contributed by atoms with E-state index in [1.165, 1.54) is 0 Å². The van der Waals surface area contributed by atoms with E-state index in [0.717, 1.165) is 56.1 Å². The summed E-state index contributed by atoms with van der Waals surface area (Å²) in [6, 6.07) is 51.7. The average Bonchev–Trinajstić information content (AvgIpc) is 3.55. The number of para-hydroxylation sites is 2. The molecular formula is C43H32N4O2. The SMILES string of the molecule is O=C1C(=Nc2cccc(Cc3cccc(N=C4C(=O)N(Cc5ccccc5)c5ccccc54)c3)c2)c2ccccc2N1Cc1ccccc1. The topological polar surface area (TPSA) is 65.3 Å². The molecule has 8 rings (SSSR count). The molecule has 0 atom stereocenters. The van der Waals surface area contributed by atoms with Gasteiger partial charge in [0.2, 0.25) is 0 Å². The predicted molar refractivity (Wildman–Crippen MR) is 196 cm³/mol. The van der Waals surface area contributed by atoms with Crippen LogP contribution in [0.15, 0.2) is 168 Å². The molecule has 49 heavy (non-hydrogen) atoms. The molecule has 0 aromatic heterocycles. The van der Waals surface area contributed by atoms with Crippen molar-refractivity contribution in [1.82, 2.24) is 0 Å². The van der Waals surface area contributed by atoms with E-state index in [9.17, 15) is 9.59 Å². The van der Waals surface area contributed by atoms with Crippen LogP contribution in [0.25, 0.3) is 0 Å². The second-order valence-electron chi connectivity index (χ2n) is 12.2. The third-order valence-corrected chi connectivity index (χ3v) is 8.87. The molecule has 0 spiro atoms. The number of carbonyl (C=O) groups is 2. The predicted octanol–water partition coefficient (Wildman–Crippen LogP) is 8.61. The Morgan fingerprint density at radius 2 is 0.796 bits per heavy atom. The average molecular weight is 637 g/mol. The van der Waals surface area contributed by atoms with Gasteiger partial charge in [-0.3, -0.25) is 9.59 Å². The highest BCUT2D eigenvalue weighted by Crippen LogP contribution is 2.34. The highest BCUT2D eigenvalue weighted by Gasteiger charge is 2.35. The van der Waals surface area contributed by atoms with Crippen molar-refractivity contribution >= 4 is 46.0 Å². The molecule has 0 saturated carbocycles. The largest absolute Gasteiger partial charge is 0.302 e. The molecule has 2 aliphatic rings. The van der Waals surface area contributed by atoms with Crippen LogP contribution in [-0.4, -0.2) is 23.2 Å². The lowest BCUT2D eigenvalue weighted by Gasteiger charge is -2.16. The Labute approximate surface area is 285 Å². The fourth-order valence-corrected chi connectivity index (χ4v) is 6.55. The summed E-state index contributed by atoms with van der Waals surface area (Å²) in [6.45, 7) is 0.969. The fourth-order valence-electron chi connectivity index (χ4n) is 6.55. The molecule has 0 saturated heterocycles. The minimum atomic E-state index is -0.104. The summed E-state index contributed by atoms with van der Waals surface area (Å²) in [5, 5.41) is 0. The monoisotopic (exact) mass is 636 g/mol. The molecule has 0 fully saturated rings. The van der Waals surface area contributed by atoms with Gasteiger partial charge in [-0.05, 0) is 65.1 Å². The molecule has 2 aliphatic heterocycles. The van der Waals surface area contributed by atoms with Crippen LogP contribution in [0.5, 0.6) is 0 Å². The molecule has 6 heteroatoms. The van der Waals surface area contributed by atoms with Gasteiger partial charge in [0, 0.05) is 11.1 Å². The minimum absolute atomic E-state index is 0.104. The number of rotatable bonds is 8. The Bertz CT molecular complexity index is 2100. The minimum Gasteiger partial charge on any atom is -0.302 e. The summed E-state index contributed by atoms with van der Waals surface area (Å²) >= 11 is 0. The summed E-state index contributed by atoms with van der Waals surface area (Å²) < 4.78 is 0. The van der Waals surface area contributed by atoms with Gasteiger partial charge in [0.1, 0.15) is 11.4 Å². The van der Waals surface area contributed by atoms with Gasteiger partial charge in [-0.15, -0.1) is 0 Å². The molecule has 6 aromatic carbocycles. The standard InChI is InChI=1S/C43H32N4O2/c48-42-40(36-21-7-9-23-38(36)46(42)28-30-13-3-1-4-14-30)44-34-19-11-17-32(26-34)25-33-18-12-20-35(27-33)45-41-37-22-8-10-24-39(37)47(43(41)49)29-31-15-5-2-6-16-31/h1-24,26-27H,25,28-29H2. The lowest BCUT2D eigenvalue weighted by atomic mass is 10.0. The molecule has 0 unspecified atom stereocenters. The van der Waals surface area contributed by atoms with E-state index in [4.69, 9.17) is 9.98 Å². The van der Waals surface area contributed by atoms with Crippen molar-refractivity contribution in [3.05, 3.63) is 191 Å². The normalized spacial score (nSPS) is 15.3. The zero-order chi connectivity index (χ0) is 33.2. The summed E-state index contributed by atoms with van der Waals surface area (Å²) in [7, 11) is 0. The number of nitrogens with zero attached hydrogens (tertiary/aromatic N) is 4. The third kappa shape index (κ3) is 6.08. The fraction of sp³-hybridized carbons (Fsp3) is 0.0698. The maximum absolute atomic E-state index is 13.7. The number of aliphatic imine (C=N–C) groups is 2. The number of anilines is 2. The molecule has 236 valence electrons. The second-order valence-corrected chi connectivity index (χ2v) is 12.2. The van der Waals surface area contributed by atoms with Gasteiger partial charge in [0.15, 0.2) is 0 Å². The van der Waals surface area contributed by atoms with Crippen molar-refractivity contribution in [3.63, 3.8) is 0 Å². The van der Waals surface area contributed by atoms with Gasteiger partial charge in [-0.1, -0.05) is 121 Å². The molecule has 2 heterocycles. The van der Waals surface area contributed by atoms with Gasteiger partial charge in [0.05, 0.1) is 35.8 Å². The van der Waals surface area contributed by atoms with Crippen molar-refractivity contribution in [2.75, 3.05) is 9.80 Å². The molecule has 0 bridgehead atoms. The van der Waals surface area contributed by atoms with Crippen molar-refractivity contribution < 1.29 is 9.59 Å². The van der Waals surface area contributed by atoms with E-state index in [1.54, 1.807) is 9.80 Å². The van der Waals surface area contributed by atoms with E-state index < -0.39 is 0 Å². The van der Waals surface area contributed by atoms with E-state index in [2.05, 4.69) is 12.1 Å². The number of hydrogen-bond acceptors (Lipinski definition) is 4. The first-order valence-corrected chi connectivity index (χ1v) is 16.4. The van der Waals surface area contributed by atoms with Gasteiger partial charge >= 0.3 is 0 Å². The first-order chi connectivity index (χ1) is 24.1. The lowest BCUT2D eigenvalue weighted by Crippen LogP contribution is -2.29. The first-order valence-electron chi connectivity index (χ1n) is 16.4. The van der Waals surface area contributed by atoms with E-state index in [0.29, 0.717) is 30.9 Å². The van der Waals surface area contributed by atoms with Crippen LogP contribution < -0.4 is 9.80 Å². The summed E-state index contributed by atoms with van der Waals surface area (Å²) in [5.41, 5.74) is 10.0. The Morgan fingerprint density at radius 1 is 0.408 bits per heavy atom. The number of fused-ring (bicyclic) bond motifs is 2. The third-order valence-electron chi connectivity index (χ3n) is 8.87. The zero-order valence-electron chi connectivity index (χ0n) is 26.7. The van der Waals surface area contributed by atoms with Gasteiger partial charge in [0.25, 0.3) is 11.8 Å². The van der Waals surface area contributed by atoms with Gasteiger partial charge < -0.3 is 9.80 Å². The number of carbonyl (C=O) groups excluding carboxylic acids is 2. The van der Waals surface area contributed by atoms with Crippen LogP contribution in [0.4, 0.5) is 22.7 Å². The van der Waals surface area contributed by atoms with Crippen molar-refractivity contribution in [2.45, 2.75) is 19.5 Å². The maximum Gasteiger partial charge on any atom is 0.277 e. The smallest absolute Gasteiger partial charge is 0.277 e. The van der Waals surface area contributed by atoms with Crippen LogP contribution in [0, 0.1) is 0 Å². The van der Waals surface area contributed by atoms with Gasteiger partial charge in [-0.2, -0.15) is 0 Å². The van der Waals surface area contributed by atoms with E-state index in [-0.39, 0.29) is 11.8 Å². The Balaban J connectivity index is 1.04. The Hall–Kier alpha value is -6.40. The summed E-state index contributed by atoms with van der Waals surface area (Å²) in [6.07, 6.45) is 0.646. The molecule has 0 N–H and O–H groups in total. The van der Waals surface area contributed by atoms with Crippen LogP contribution in [0.1, 0.15) is 33.4 Å². The molecule has 6 aromatic rings. The number of benzene rings is 6. The second kappa shape index (κ2) is 13.0. The van der Waals surface area contributed by atoms with Crippen LogP contribution in [0.3, 0.4) is 0 Å². The Kier molecular flexibility index (Phi) is 7.96. The van der Waals surface area contributed by atoms with Crippen LogP contribution in [-0.2, 0) is 29.1 Å². The number of hydrogen-bond donors (Lipinski definition) is 0. The van der Waals surface area contributed by atoms with E-state index in [1.807, 2.05) is 146 Å². The molecule has 6 nitrogen and oxygen atoms in total. The number of amides is 2. The first kappa shape index (κ1) is 30.0. The van der Waals surface area contributed by atoms with Crippen LogP contribution >= 0.6 is 0 Å². The molecule has 2 amide bonds. The lowest BCUT2D eigenvalue weighted by molar-refractivity contribution is -0.113. The highest BCUT2D eigenvalue weighted by molar-refractivity contribution is 6.55. The molecule has 0 aliphatic carbocycles. The highest BCUT2D eigenvalue weighted by atomic mass is 16.2. The summed E-state index contributed by atoms with van der Waals surface area (Å²) in [5.74, 6) is -0.208. The summed E-state index contributed by atoms with van der Waals surface area (Å²) in [4.78, 5) is 40.8. The van der Waals surface area contributed by atoms with Gasteiger partial charge in [-0.25, -0.2) is 9.98 Å². The molecule has 0 radical (unpaired) electrons. The Morgan fingerprint density at radius 3 is 1.24 bits per heavy atom. The van der Waals surface area contributed by atoms with E-state index >= 15 is 0 Å². The van der Waals surface area contributed by atoms with Crippen molar-refractivity contribution in [1.29, 1.82) is 0 Å².